The van der Waals surface area contributed by atoms with E-state index in [-0.39, 0.29) is 18.2 Å². The maximum absolute atomic E-state index is 11.9. The lowest BCUT2D eigenvalue weighted by Gasteiger charge is -2.16. The molecule has 1 aliphatic rings. The lowest BCUT2D eigenvalue weighted by Crippen LogP contribution is -2.32. The number of hydrogen-bond acceptors (Lipinski definition) is 4. The molecule has 0 aromatic heterocycles. The van der Waals surface area contributed by atoms with Gasteiger partial charge in [-0.15, -0.1) is 0 Å². The van der Waals surface area contributed by atoms with E-state index in [1.165, 1.54) is 0 Å². The molecule has 0 saturated carbocycles. The third-order valence-corrected chi connectivity index (χ3v) is 5.25. The highest BCUT2D eigenvalue weighted by Crippen LogP contribution is 2.15. The van der Waals surface area contributed by atoms with Gasteiger partial charge in [0.1, 0.15) is 0 Å². The van der Waals surface area contributed by atoms with Crippen LogP contribution in [-0.4, -0.2) is 44.6 Å². The van der Waals surface area contributed by atoms with Crippen molar-refractivity contribution in [2.75, 3.05) is 30.7 Å². The van der Waals surface area contributed by atoms with Crippen molar-refractivity contribution in [1.29, 1.82) is 0 Å². The summed E-state index contributed by atoms with van der Waals surface area (Å²) in [7, 11) is -3.16. The van der Waals surface area contributed by atoms with Crippen LogP contribution in [0, 0.1) is 0 Å². The van der Waals surface area contributed by atoms with Gasteiger partial charge >= 0.3 is 0 Å². The van der Waals surface area contributed by atoms with Crippen molar-refractivity contribution in [3.05, 3.63) is 24.3 Å². The van der Waals surface area contributed by atoms with Crippen molar-refractivity contribution in [3.8, 4) is 0 Å². The summed E-state index contributed by atoms with van der Waals surface area (Å²) in [6.45, 7) is 3.55. The molecule has 0 radical (unpaired) electrons. The van der Waals surface area contributed by atoms with E-state index < -0.39 is 9.84 Å². The molecule has 1 aromatic carbocycles. The van der Waals surface area contributed by atoms with E-state index in [4.69, 9.17) is 0 Å². The summed E-state index contributed by atoms with van der Waals surface area (Å²) in [5.74, 6) is 0.181. The van der Waals surface area contributed by atoms with Gasteiger partial charge in [-0.1, -0.05) is 6.92 Å². The van der Waals surface area contributed by atoms with E-state index in [0.29, 0.717) is 4.90 Å². The van der Waals surface area contributed by atoms with E-state index in [1.54, 1.807) is 31.2 Å². The zero-order chi connectivity index (χ0) is 14.6. The van der Waals surface area contributed by atoms with E-state index >= 15 is 0 Å². The van der Waals surface area contributed by atoms with Gasteiger partial charge in [0.2, 0.25) is 5.91 Å². The molecule has 1 aliphatic heterocycles. The number of nitrogens with zero attached hydrogens (tertiary/aromatic N) is 1. The van der Waals surface area contributed by atoms with Crippen LogP contribution in [0.4, 0.5) is 5.69 Å². The maximum atomic E-state index is 11.9. The molecule has 2 rings (SSSR count). The average Bonchev–Trinajstić information content (AvgIpc) is 2.99. The molecule has 0 atom stereocenters. The van der Waals surface area contributed by atoms with Crippen LogP contribution in [-0.2, 0) is 14.6 Å². The Labute approximate surface area is 119 Å². The van der Waals surface area contributed by atoms with Crippen LogP contribution in [0.1, 0.15) is 19.8 Å². The van der Waals surface area contributed by atoms with Crippen LogP contribution >= 0.6 is 0 Å². The number of amides is 1. The smallest absolute Gasteiger partial charge is 0.241 e. The molecule has 1 fully saturated rings. The molecular formula is C14H20N2O3S. The number of carbonyl (C=O) groups is 1. The molecular weight excluding hydrogens is 276 g/mol. The first kappa shape index (κ1) is 14.8. The van der Waals surface area contributed by atoms with Gasteiger partial charge in [-0.25, -0.2) is 8.42 Å². The normalized spacial score (nSPS) is 15.3. The average molecular weight is 296 g/mol. The summed E-state index contributed by atoms with van der Waals surface area (Å²) in [5.41, 5.74) is 0.757. The van der Waals surface area contributed by atoms with Crippen LogP contribution in [0.15, 0.2) is 29.2 Å². The molecule has 1 saturated heterocycles. The van der Waals surface area contributed by atoms with E-state index in [9.17, 15) is 13.2 Å². The second-order valence-corrected chi connectivity index (χ2v) is 7.15. The highest BCUT2D eigenvalue weighted by atomic mass is 32.2. The van der Waals surface area contributed by atoms with Crippen molar-refractivity contribution in [3.63, 3.8) is 0 Å². The molecule has 1 aromatic rings. The third-order valence-electron chi connectivity index (χ3n) is 3.50. The summed E-state index contributed by atoms with van der Waals surface area (Å²) >= 11 is 0. The Hall–Kier alpha value is -1.56. The van der Waals surface area contributed by atoms with E-state index in [2.05, 4.69) is 5.32 Å². The Morgan fingerprint density at radius 1 is 1.20 bits per heavy atom. The molecule has 0 aliphatic carbocycles. The fourth-order valence-electron chi connectivity index (χ4n) is 2.20. The van der Waals surface area contributed by atoms with Gasteiger partial charge in [0.15, 0.2) is 9.84 Å². The Balaban J connectivity index is 1.92. The topological polar surface area (TPSA) is 66.5 Å². The van der Waals surface area contributed by atoms with Crippen LogP contribution in [0.5, 0.6) is 0 Å². The first-order chi connectivity index (χ1) is 9.53. The monoisotopic (exact) mass is 296 g/mol. The Morgan fingerprint density at radius 3 is 2.35 bits per heavy atom. The zero-order valence-corrected chi connectivity index (χ0v) is 12.4. The molecule has 110 valence electrons. The highest BCUT2D eigenvalue weighted by molar-refractivity contribution is 7.91. The number of benzene rings is 1. The number of carbonyl (C=O) groups excluding carboxylic acids is 1. The Morgan fingerprint density at radius 2 is 1.80 bits per heavy atom. The molecule has 1 heterocycles. The van der Waals surface area contributed by atoms with Gasteiger partial charge < -0.3 is 10.2 Å². The number of sulfone groups is 1. The molecule has 6 heteroatoms. The van der Waals surface area contributed by atoms with E-state index in [0.717, 1.165) is 31.6 Å². The van der Waals surface area contributed by atoms with Crippen molar-refractivity contribution in [2.24, 2.45) is 0 Å². The Kier molecular flexibility index (Phi) is 4.65. The predicted molar refractivity (Wildman–Crippen MR) is 78.5 cm³/mol. The molecule has 0 bridgehead atoms. The molecule has 20 heavy (non-hydrogen) atoms. The minimum Gasteiger partial charge on any atom is -0.376 e. The minimum atomic E-state index is -3.16. The van der Waals surface area contributed by atoms with Gasteiger partial charge in [0.05, 0.1) is 17.2 Å². The quantitative estimate of drug-likeness (QED) is 0.894. The Bertz CT molecular complexity index is 561. The van der Waals surface area contributed by atoms with Gasteiger partial charge in [0, 0.05) is 18.8 Å². The number of rotatable bonds is 5. The number of hydrogen-bond donors (Lipinski definition) is 1. The van der Waals surface area contributed by atoms with Crippen molar-refractivity contribution >= 4 is 21.4 Å². The number of nitrogens with one attached hydrogen (secondary N) is 1. The fraction of sp³-hybridized carbons (Fsp3) is 0.500. The van der Waals surface area contributed by atoms with Crippen LogP contribution < -0.4 is 5.32 Å². The standard InChI is InChI=1S/C14H20N2O3S/c1-2-20(18,19)13-7-5-12(6-8-13)15-11-14(17)16-9-3-4-10-16/h5-8,15H,2-4,9-11H2,1H3. The molecule has 0 unspecified atom stereocenters. The lowest BCUT2D eigenvalue weighted by atomic mass is 10.3. The second kappa shape index (κ2) is 6.26. The zero-order valence-electron chi connectivity index (χ0n) is 11.6. The SMILES string of the molecule is CCS(=O)(=O)c1ccc(NCC(=O)N2CCCC2)cc1. The largest absolute Gasteiger partial charge is 0.376 e. The van der Waals surface area contributed by atoms with Crippen molar-refractivity contribution < 1.29 is 13.2 Å². The molecule has 5 nitrogen and oxygen atoms in total. The van der Waals surface area contributed by atoms with Crippen molar-refractivity contribution in [1.82, 2.24) is 4.90 Å². The predicted octanol–water partition coefficient (Wildman–Crippen LogP) is 1.51. The van der Waals surface area contributed by atoms with Gasteiger partial charge in [-0.05, 0) is 37.1 Å². The number of likely N-dealkylation sites (tertiary alicyclic amines) is 1. The molecule has 1 amide bonds. The van der Waals surface area contributed by atoms with Crippen LogP contribution in [0.3, 0.4) is 0 Å². The fourth-order valence-corrected chi connectivity index (χ4v) is 3.09. The van der Waals surface area contributed by atoms with Crippen molar-refractivity contribution in [2.45, 2.75) is 24.7 Å². The summed E-state index contributed by atoms with van der Waals surface area (Å²) in [5, 5.41) is 3.03. The second-order valence-electron chi connectivity index (χ2n) is 4.87. The minimum absolute atomic E-state index is 0.0905. The number of anilines is 1. The van der Waals surface area contributed by atoms with Crippen LogP contribution in [0.2, 0.25) is 0 Å². The third kappa shape index (κ3) is 3.50. The summed E-state index contributed by atoms with van der Waals surface area (Å²) in [6, 6.07) is 6.53. The summed E-state index contributed by atoms with van der Waals surface area (Å²) in [4.78, 5) is 14.0. The van der Waals surface area contributed by atoms with Crippen LogP contribution in [0.25, 0.3) is 0 Å². The van der Waals surface area contributed by atoms with Gasteiger partial charge in [-0.3, -0.25) is 4.79 Å². The van der Waals surface area contributed by atoms with Gasteiger partial charge in [0.25, 0.3) is 0 Å². The van der Waals surface area contributed by atoms with E-state index in [1.807, 2.05) is 4.90 Å². The highest BCUT2D eigenvalue weighted by Gasteiger charge is 2.17. The summed E-state index contributed by atoms with van der Waals surface area (Å²) in [6.07, 6.45) is 2.16. The molecule has 1 N–H and O–H groups in total. The maximum Gasteiger partial charge on any atom is 0.241 e. The summed E-state index contributed by atoms with van der Waals surface area (Å²) < 4.78 is 23.3. The molecule has 0 spiro atoms. The first-order valence-electron chi connectivity index (χ1n) is 6.87. The van der Waals surface area contributed by atoms with Gasteiger partial charge in [-0.2, -0.15) is 0 Å². The first-order valence-corrected chi connectivity index (χ1v) is 8.52. The lowest BCUT2D eigenvalue weighted by molar-refractivity contribution is -0.128.